The molecule has 0 fully saturated rings. The van der Waals surface area contributed by atoms with Crippen molar-refractivity contribution < 1.29 is 9.47 Å². The third kappa shape index (κ3) is 5.81. The van der Waals surface area contributed by atoms with E-state index in [0.717, 1.165) is 33.4 Å². The summed E-state index contributed by atoms with van der Waals surface area (Å²) >= 11 is 0. The summed E-state index contributed by atoms with van der Waals surface area (Å²) in [6, 6.07) is 36.4. The number of rotatable bonds is 8. The number of aromatic amines is 1. The number of hydrogen-bond acceptors (Lipinski definition) is 5. The minimum Gasteiger partial charge on any atom is -0.460 e. The number of nitrogens with zero attached hydrogens (tertiary/aromatic N) is 2. The predicted molar refractivity (Wildman–Crippen MR) is 135 cm³/mol. The highest BCUT2D eigenvalue weighted by molar-refractivity contribution is 5.64. The summed E-state index contributed by atoms with van der Waals surface area (Å²) in [6.07, 6.45) is 0. The van der Waals surface area contributed by atoms with Crippen LogP contribution in [0.3, 0.4) is 0 Å². The SMILES string of the molecule is O=c1nc(OCc2ccc(-c3ccccc3)cc2)nc(OCc2ccc(-c3ccccc3)cc2)[nH]1. The molecular formula is C29H23N3O3. The zero-order valence-corrected chi connectivity index (χ0v) is 18.9. The molecule has 35 heavy (non-hydrogen) atoms. The highest BCUT2D eigenvalue weighted by Crippen LogP contribution is 2.21. The highest BCUT2D eigenvalue weighted by atomic mass is 16.5. The van der Waals surface area contributed by atoms with Gasteiger partial charge in [-0.25, -0.2) is 4.79 Å². The van der Waals surface area contributed by atoms with E-state index in [1.165, 1.54) is 0 Å². The third-order valence-corrected chi connectivity index (χ3v) is 5.47. The van der Waals surface area contributed by atoms with Crippen LogP contribution in [0.15, 0.2) is 114 Å². The standard InChI is InChI=1S/C29H23N3O3/c33-27-30-28(34-19-21-11-15-25(16-12-21)23-7-3-1-4-8-23)32-29(31-27)35-20-22-13-17-26(18-14-22)24-9-5-2-6-10-24/h1-18H,19-20H2,(H,30,31,32,33). The average molecular weight is 462 g/mol. The van der Waals surface area contributed by atoms with Crippen molar-refractivity contribution in [3.63, 3.8) is 0 Å². The molecule has 0 saturated heterocycles. The molecule has 5 rings (SSSR count). The first-order valence-electron chi connectivity index (χ1n) is 11.3. The molecule has 0 aliphatic heterocycles. The lowest BCUT2D eigenvalue weighted by Gasteiger charge is -2.08. The lowest BCUT2D eigenvalue weighted by molar-refractivity contribution is 0.247. The first kappa shape index (κ1) is 22.1. The van der Waals surface area contributed by atoms with Crippen molar-refractivity contribution in [2.45, 2.75) is 13.2 Å². The first-order valence-corrected chi connectivity index (χ1v) is 11.3. The maximum Gasteiger partial charge on any atom is 0.353 e. The number of ether oxygens (including phenoxy) is 2. The van der Waals surface area contributed by atoms with Crippen LogP contribution in [0.25, 0.3) is 22.3 Å². The molecule has 0 bridgehead atoms. The van der Waals surface area contributed by atoms with Crippen LogP contribution in [0, 0.1) is 0 Å². The molecule has 1 N–H and O–H groups in total. The molecular weight excluding hydrogens is 438 g/mol. The maximum absolute atomic E-state index is 12.0. The second-order valence-corrected chi connectivity index (χ2v) is 7.94. The Labute approximate surface area is 202 Å². The topological polar surface area (TPSA) is 77.1 Å². The van der Waals surface area contributed by atoms with Crippen molar-refractivity contribution in [2.24, 2.45) is 0 Å². The van der Waals surface area contributed by atoms with Gasteiger partial charge in [0.25, 0.3) is 0 Å². The van der Waals surface area contributed by atoms with Gasteiger partial charge in [0.05, 0.1) is 0 Å². The Hall–Kier alpha value is -4.71. The minimum absolute atomic E-state index is 0.0321. The minimum atomic E-state index is -0.580. The van der Waals surface area contributed by atoms with Gasteiger partial charge in [0, 0.05) is 0 Å². The van der Waals surface area contributed by atoms with Gasteiger partial charge in [-0.05, 0) is 33.4 Å². The van der Waals surface area contributed by atoms with Crippen LogP contribution in [-0.2, 0) is 13.2 Å². The Bertz CT molecular complexity index is 1330. The molecule has 6 heteroatoms. The van der Waals surface area contributed by atoms with Crippen LogP contribution in [0.1, 0.15) is 11.1 Å². The van der Waals surface area contributed by atoms with E-state index >= 15 is 0 Å². The monoisotopic (exact) mass is 461 g/mol. The van der Waals surface area contributed by atoms with Gasteiger partial charge in [0.15, 0.2) is 0 Å². The average Bonchev–Trinajstić information content (AvgIpc) is 2.92. The van der Waals surface area contributed by atoms with Gasteiger partial charge in [-0.2, -0.15) is 0 Å². The van der Waals surface area contributed by atoms with Crippen LogP contribution in [0.5, 0.6) is 12.0 Å². The Kier molecular flexibility index (Phi) is 6.62. The number of H-pyrrole nitrogens is 1. The number of aromatic nitrogens is 3. The normalized spacial score (nSPS) is 10.6. The molecule has 0 aliphatic carbocycles. The highest BCUT2D eigenvalue weighted by Gasteiger charge is 2.07. The fourth-order valence-electron chi connectivity index (χ4n) is 3.63. The van der Waals surface area contributed by atoms with E-state index in [0.29, 0.717) is 0 Å². The zero-order valence-electron chi connectivity index (χ0n) is 18.9. The molecule has 172 valence electrons. The summed E-state index contributed by atoms with van der Waals surface area (Å²) in [5, 5.41) is 0. The summed E-state index contributed by atoms with van der Waals surface area (Å²) in [5.74, 6) is 0. The lowest BCUT2D eigenvalue weighted by atomic mass is 10.0. The molecule has 0 spiro atoms. The van der Waals surface area contributed by atoms with Crippen molar-refractivity contribution in [3.05, 3.63) is 131 Å². The largest absolute Gasteiger partial charge is 0.460 e. The van der Waals surface area contributed by atoms with Crippen molar-refractivity contribution in [3.8, 4) is 34.3 Å². The summed E-state index contributed by atoms with van der Waals surface area (Å²) < 4.78 is 11.3. The van der Waals surface area contributed by atoms with Crippen LogP contribution >= 0.6 is 0 Å². The summed E-state index contributed by atoms with van der Waals surface area (Å²) in [6.45, 7) is 0.487. The zero-order chi connectivity index (χ0) is 23.9. The van der Waals surface area contributed by atoms with Crippen molar-refractivity contribution in [1.29, 1.82) is 0 Å². The van der Waals surface area contributed by atoms with E-state index in [9.17, 15) is 4.79 Å². The molecule has 0 atom stereocenters. The molecule has 1 aromatic heterocycles. The molecule has 5 aromatic rings. The molecule has 0 saturated carbocycles. The fourth-order valence-corrected chi connectivity index (χ4v) is 3.63. The predicted octanol–water partition coefficient (Wildman–Crippen LogP) is 5.66. The van der Waals surface area contributed by atoms with Gasteiger partial charge in [-0.1, -0.05) is 109 Å². The molecule has 0 unspecified atom stereocenters. The van der Waals surface area contributed by atoms with Crippen LogP contribution in [-0.4, -0.2) is 15.0 Å². The van der Waals surface area contributed by atoms with E-state index in [2.05, 4.69) is 39.2 Å². The lowest BCUT2D eigenvalue weighted by Crippen LogP contribution is -2.16. The fraction of sp³-hybridized carbons (Fsp3) is 0.0690. The smallest absolute Gasteiger partial charge is 0.353 e. The van der Waals surface area contributed by atoms with E-state index < -0.39 is 5.69 Å². The van der Waals surface area contributed by atoms with Crippen LogP contribution < -0.4 is 15.2 Å². The maximum atomic E-state index is 12.0. The third-order valence-electron chi connectivity index (χ3n) is 5.47. The van der Waals surface area contributed by atoms with E-state index in [1.54, 1.807) is 0 Å². The van der Waals surface area contributed by atoms with Crippen molar-refractivity contribution >= 4 is 0 Å². The van der Waals surface area contributed by atoms with E-state index in [1.807, 2.05) is 84.9 Å². The van der Waals surface area contributed by atoms with Gasteiger partial charge in [-0.15, -0.1) is 9.97 Å². The Morgan fingerprint density at radius 1 is 0.543 bits per heavy atom. The quantitative estimate of drug-likeness (QED) is 0.323. The van der Waals surface area contributed by atoms with Gasteiger partial charge < -0.3 is 9.47 Å². The van der Waals surface area contributed by atoms with Crippen molar-refractivity contribution in [2.75, 3.05) is 0 Å². The van der Waals surface area contributed by atoms with Crippen LogP contribution in [0.2, 0.25) is 0 Å². The summed E-state index contributed by atoms with van der Waals surface area (Å²) in [5.41, 5.74) is 5.85. The molecule has 0 radical (unpaired) electrons. The van der Waals surface area contributed by atoms with Gasteiger partial charge in [0.2, 0.25) is 0 Å². The second kappa shape index (κ2) is 10.5. The molecule has 1 heterocycles. The molecule has 0 amide bonds. The number of benzene rings is 4. The Morgan fingerprint density at radius 2 is 1.00 bits per heavy atom. The summed E-state index contributed by atoms with van der Waals surface area (Å²) in [7, 11) is 0. The second-order valence-electron chi connectivity index (χ2n) is 7.94. The number of hydrogen-bond donors (Lipinski definition) is 1. The van der Waals surface area contributed by atoms with E-state index in [4.69, 9.17) is 9.47 Å². The first-order chi connectivity index (χ1) is 17.2. The summed E-state index contributed by atoms with van der Waals surface area (Å²) in [4.78, 5) is 22.4. The van der Waals surface area contributed by atoms with Crippen LogP contribution in [0.4, 0.5) is 0 Å². The van der Waals surface area contributed by atoms with Gasteiger partial charge in [0.1, 0.15) is 13.2 Å². The molecule has 6 nitrogen and oxygen atoms in total. The molecule has 0 aliphatic rings. The Balaban J connectivity index is 1.19. The number of nitrogens with one attached hydrogen (secondary N) is 1. The Morgan fingerprint density at radius 3 is 1.51 bits per heavy atom. The van der Waals surface area contributed by atoms with E-state index in [-0.39, 0.29) is 25.2 Å². The van der Waals surface area contributed by atoms with Gasteiger partial charge >= 0.3 is 17.7 Å². The van der Waals surface area contributed by atoms with Crippen molar-refractivity contribution in [1.82, 2.24) is 15.0 Å². The molecule has 4 aromatic carbocycles. The van der Waals surface area contributed by atoms with Gasteiger partial charge in [-0.3, -0.25) is 4.98 Å².